The van der Waals surface area contributed by atoms with Crippen molar-refractivity contribution in [2.75, 3.05) is 12.1 Å². The fraction of sp³-hybridized carbons (Fsp3) is 0.600. The van der Waals surface area contributed by atoms with Crippen LogP contribution in [0.1, 0.15) is 11.8 Å². The van der Waals surface area contributed by atoms with Gasteiger partial charge in [-0.1, -0.05) is 0 Å². The van der Waals surface area contributed by atoms with Crippen LogP contribution >= 0.6 is 15.6 Å². The zero-order chi connectivity index (χ0) is 21.3. The summed E-state index contributed by atoms with van der Waals surface area (Å²) in [4.78, 5) is 41.5. The quantitative estimate of drug-likeness (QED) is 0.174. The lowest BCUT2D eigenvalue weighted by Gasteiger charge is -2.18. The summed E-state index contributed by atoms with van der Waals surface area (Å²) in [6, 6.07) is 0. The highest BCUT2D eigenvalue weighted by Gasteiger charge is 2.47. The molecule has 1 saturated heterocycles. The SMILES string of the molecule is O=c1nc(NO)c(CO)cn1[C@H]1O[C@@H](COP(=O)(O)OP(=O)(O)O)[C@@H](O)C1F. The number of hydrogen-bond donors (Lipinski definition) is 7. The first-order chi connectivity index (χ1) is 12.9. The minimum absolute atomic E-state index is 0.123. The van der Waals surface area contributed by atoms with Gasteiger partial charge in [0.1, 0.15) is 12.2 Å². The van der Waals surface area contributed by atoms with E-state index in [0.717, 1.165) is 6.20 Å². The van der Waals surface area contributed by atoms with Crippen molar-refractivity contribution in [3.8, 4) is 0 Å². The van der Waals surface area contributed by atoms with E-state index in [9.17, 15) is 33.4 Å². The number of phosphoric acid groups is 2. The lowest BCUT2D eigenvalue weighted by Crippen LogP contribution is -2.34. The highest BCUT2D eigenvalue weighted by molar-refractivity contribution is 7.60. The first kappa shape index (κ1) is 23.0. The monoisotopic (exact) mass is 451 g/mol. The number of anilines is 1. The molecule has 1 aliphatic heterocycles. The van der Waals surface area contributed by atoms with Gasteiger partial charge in [0.05, 0.1) is 13.2 Å². The molecular weight excluding hydrogens is 435 g/mol. The Morgan fingerprint density at radius 2 is 2.00 bits per heavy atom. The molecule has 0 bridgehead atoms. The van der Waals surface area contributed by atoms with Gasteiger partial charge in [0, 0.05) is 11.8 Å². The van der Waals surface area contributed by atoms with Crippen molar-refractivity contribution in [3.05, 3.63) is 22.2 Å². The van der Waals surface area contributed by atoms with E-state index in [1.165, 1.54) is 0 Å². The molecule has 1 aliphatic rings. The van der Waals surface area contributed by atoms with Crippen LogP contribution in [0.15, 0.2) is 11.0 Å². The molecule has 18 heteroatoms. The lowest BCUT2D eigenvalue weighted by molar-refractivity contribution is -0.0483. The van der Waals surface area contributed by atoms with Crippen molar-refractivity contribution in [1.82, 2.24) is 9.55 Å². The minimum atomic E-state index is -5.38. The van der Waals surface area contributed by atoms with Crippen molar-refractivity contribution >= 4 is 21.5 Å². The predicted molar refractivity (Wildman–Crippen MR) is 83.5 cm³/mol. The number of nitrogens with one attached hydrogen (secondary N) is 1. The summed E-state index contributed by atoms with van der Waals surface area (Å²) in [6.45, 7) is -1.74. The molecule has 7 N–H and O–H groups in total. The largest absolute Gasteiger partial charge is 0.481 e. The van der Waals surface area contributed by atoms with Crippen LogP contribution in [-0.4, -0.2) is 64.6 Å². The molecule has 28 heavy (non-hydrogen) atoms. The number of aromatic nitrogens is 2. The summed E-state index contributed by atoms with van der Waals surface area (Å²) in [6.07, 6.45) is -6.76. The Bertz CT molecular complexity index is 861. The Balaban J connectivity index is 2.18. The average Bonchev–Trinajstić information content (AvgIpc) is 2.86. The van der Waals surface area contributed by atoms with Gasteiger partial charge in [-0.05, 0) is 0 Å². The van der Waals surface area contributed by atoms with E-state index >= 15 is 0 Å². The maximum atomic E-state index is 14.4. The first-order valence-corrected chi connectivity index (χ1v) is 10.3. The minimum Gasteiger partial charge on any atom is -0.391 e. The van der Waals surface area contributed by atoms with Crippen LogP contribution in [0.25, 0.3) is 0 Å². The third kappa shape index (κ3) is 5.40. The summed E-state index contributed by atoms with van der Waals surface area (Å²) < 4.78 is 49.8. The lowest BCUT2D eigenvalue weighted by atomic mass is 10.1. The van der Waals surface area contributed by atoms with Crippen LogP contribution < -0.4 is 11.2 Å². The van der Waals surface area contributed by atoms with E-state index in [0.29, 0.717) is 4.57 Å². The molecule has 1 aromatic heterocycles. The van der Waals surface area contributed by atoms with Gasteiger partial charge < -0.3 is 29.6 Å². The smallest absolute Gasteiger partial charge is 0.391 e. The molecule has 0 aliphatic carbocycles. The van der Waals surface area contributed by atoms with Crippen LogP contribution in [0.4, 0.5) is 10.2 Å². The number of rotatable bonds is 8. The van der Waals surface area contributed by atoms with E-state index in [1.54, 1.807) is 5.48 Å². The Morgan fingerprint density at radius 3 is 2.54 bits per heavy atom. The molecule has 2 heterocycles. The van der Waals surface area contributed by atoms with Crippen LogP contribution in [0.2, 0.25) is 0 Å². The highest BCUT2D eigenvalue weighted by atomic mass is 31.3. The van der Waals surface area contributed by atoms with Crippen molar-refractivity contribution in [3.63, 3.8) is 0 Å². The molecule has 1 aromatic rings. The summed E-state index contributed by atoms with van der Waals surface area (Å²) in [7, 11) is -10.6. The Morgan fingerprint density at radius 1 is 1.36 bits per heavy atom. The molecule has 15 nitrogen and oxygen atoms in total. The average molecular weight is 451 g/mol. The Hall–Kier alpha value is -1.29. The normalized spacial score (nSPS) is 27.5. The summed E-state index contributed by atoms with van der Waals surface area (Å²) in [5.41, 5.74) is 0.310. The van der Waals surface area contributed by atoms with Gasteiger partial charge >= 0.3 is 21.3 Å². The van der Waals surface area contributed by atoms with Crippen LogP contribution in [0.3, 0.4) is 0 Å². The number of aliphatic hydroxyl groups is 2. The number of ether oxygens (including phenoxy) is 1. The molecule has 2 rings (SSSR count). The van der Waals surface area contributed by atoms with Gasteiger partial charge in [-0.25, -0.2) is 18.3 Å². The first-order valence-electron chi connectivity index (χ1n) is 7.23. The number of aliphatic hydroxyl groups excluding tert-OH is 2. The fourth-order valence-corrected chi connectivity index (χ4v) is 3.89. The van der Waals surface area contributed by atoms with E-state index in [1.807, 2.05) is 0 Å². The zero-order valence-electron chi connectivity index (χ0n) is 13.6. The summed E-state index contributed by atoms with van der Waals surface area (Å²) >= 11 is 0. The van der Waals surface area contributed by atoms with Crippen molar-refractivity contribution in [2.45, 2.75) is 31.2 Å². The number of halogens is 1. The molecule has 5 atom stereocenters. The van der Waals surface area contributed by atoms with Crippen molar-refractivity contribution in [1.29, 1.82) is 0 Å². The van der Waals surface area contributed by atoms with Crippen molar-refractivity contribution in [2.24, 2.45) is 0 Å². The predicted octanol–water partition coefficient (Wildman–Crippen LogP) is -1.64. The van der Waals surface area contributed by atoms with E-state index in [-0.39, 0.29) is 5.56 Å². The van der Waals surface area contributed by atoms with E-state index in [4.69, 9.17) is 19.7 Å². The van der Waals surface area contributed by atoms with Gasteiger partial charge in [0.2, 0.25) is 0 Å². The molecule has 160 valence electrons. The summed E-state index contributed by atoms with van der Waals surface area (Å²) in [5.74, 6) is -0.395. The molecule has 1 fully saturated rings. The van der Waals surface area contributed by atoms with E-state index in [2.05, 4.69) is 13.8 Å². The van der Waals surface area contributed by atoms with Crippen LogP contribution in [0.5, 0.6) is 0 Å². The molecule has 2 unspecified atom stereocenters. The maximum Gasteiger partial charge on any atom is 0.481 e. The second kappa shape index (κ2) is 8.61. The van der Waals surface area contributed by atoms with Gasteiger partial charge in [0.25, 0.3) is 0 Å². The third-order valence-corrected chi connectivity index (χ3v) is 5.63. The second-order valence-corrected chi connectivity index (χ2v) is 8.24. The molecule has 0 aromatic carbocycles. The standard InChI is InChI=1S/C10H16FN3O12P2/c11-6-7(16)5(3-24-28(22,23)26-27(19,20)21)25-9(6)14-1-4(2-15)8(13-18)12-10(14)17/h1,5-7,9,15-16,18H,2-3H2,(H,22,23)(H,12,13,17)(H2,19,20,21)/t5-,6?,7+,9-/m0/s1. The molecule has 0 radical (unpaired) electrons. The Kier molecular flexibility index (Phi) is 7.07. The zero-order valence-corrected chi connectivity index (χ0v) is 15.4. The van der Waals surface area contributed by atoms with E-state index < -0.39 is 65.0 Å². The number of hydrogen-bond acceptors (Lipinski definition) is 11. The topological polar surface area (TPSA) is 230 Å². The molecule has 0 saturated carbocycles. The number of phosphoric ester groups is 1. The van der Waals surface area contributed by atoms with Crippen molar-refractivity contribution < 1.29 is 57.2 Å². The van der Waals surface area contributed by atoms with Gasteiger partial charge in [0.15, 0.2) is 18.2 Å². The van der Waals surface area contributed by atoms with Crippen LogP contribution in [-0.2, 0) is 29.3 Å². The van der Waals surface area contributed by atoms with Gasteiger partial charge in [-0.15, -0.1) is 0 Å². The van der Waals surface area contributed by atoms with Gasteiger partial charge in [-0.3, -0.25) is 19.8 Å². The maximum absolute atomic E-state index is 14.4. The highest BCUT2D eigenvalue weighted by Crippen LogP contribution is 2.57. The second-order valence-electron chi connectivity index (χ2n) is 5.41. The molecule has 0 spiro atoms. The third-order valence-electron chi connectivity index (χ3n) is 3.48. The molecular formula is C10H16FN3O12P2. The fourth-order valence-electron chi connectivity index (χ4n) is 2.30. The number of alkyl halides is 1. The van der Waals surface area contributed by atoms with Crippen LogP contribution in [0, 0.1) is 0 Å². The van der Waals surface area contributed by atoms with Gasteiger partial charge in [-0.2, -0.15) is 9.29 Å². The molecule has 0 amide bonds. The summed E-state index contributed by atoms with van der Waals surface area (Å²) in [5, 5.41) is 27.9. The Labute approximate surface area is 154 Å². The number of nitrogens with zero attached hydrogens (tertiary/aromatic N) is 2.